The number of rotatable bonds is 4. The minimum atomic E-state index is 0.430. The lowest BCUT2D eigenvalue weighted by molar-refractivity contribution is 0.358. The molecule has 0 spiro atoms. The van der Waals surface area contributed by atoms with E-state index in [2.05, 4.69) is 50.6 Å². The van der Waals surface area contributed by atoms with Crippen LogP contribution in [0.5, 0.6) is 0 Å². The maximum absolute atomic E-state index is 5.05. The van der Waals surface area contributed by atoms with Gasteiger partial charge >= 0.3 is 0 Å². The lowest BCUT2D eigenvalue weighted by Gasteiger charge is -2.30. The summed E-state index contributed by atoms with van der Waals surface area (Å²) >= 11 is 0. The predicted octanol–water partition coefficient (Wildman–Crippen LogP) is 2.92. The summed E-state index contributed by atoms with van der Waals surface area (Å²) in [6.07, 6.45) is 7.63. The summed E-state index contributed by atoms with van der Waals surface area (Å²) in [4.78, 5) is 11.9. The first-order valence-electron chi connectivity index (χ1n) is 10.1. The molecule has 0 amide bonds. The Hall–Kier alpha value is -2.47. The van der Waals surface area contributed by atoms with Gasteiger partial charge < -0.3 is 10.2 Å². The fourth-order valence-electron chi connectivity index (χ4n) is 4.32. The molecule has 6 heteroatoms. The molecule has 6 nitrogen and oxygen atoms in total. The molecule has 1 saturated heterocycles. The molecule has 4 heterocycles. The summed E-state index contributed by atoms with van der Waals surface area (Å²) in [6, 6.07) is 11.2. The molecule has 0 aliphatic carbocycles. The second-order valence-corrected chi connectivity index (χ2v) is 7.69. The van der Waals surface area contributed by atoms with Crippen molar-refractivity contribution >= 4 is 16.7 Å². The molecule has 5 rings (SSSR count). The first-order chi connectivity index (χ1) is 13.4. The monoisotopic (exact) mass is 362 g/mol. The quantitative estimate of drug-likeness (QED) is 0.773. The number of nitrogens with one attached hydrogen (secondary N) is 1. The number of aromatic nitrogens is 4. The van der Waals surface area contributed by atoms with Crippen molar-refractivity contribution in [3.05, 3.63) is 48.0 Å². The molecule has 2 aliphatic heterocycles. The number of aryl methyl sites for hydroxylation is 1. The number of pyridine rings is 1. The molecule has 1 aromatic carbocycles. The zero-order valence-corrected chi connectivity index (χ0v) is 15.6. The lowest BCUT2D eigenvalue weighted by atomic mass is 10.1. The lowest BCUT2D eigenvalue weighted by Crippen LogP contribution is -2.38. The number of para-hydroxylation sites is 1. The zero-order valence-electron chi connectivity index (χ0n) is 15.6. The van der Waals surface area contributed by atoms with Gasteiger partial charge in [-0.15, -0.1) is 0 Å². The fraction of sp³-hybridized carbons (Fsp3) is 0.476. The first kappa shape index (κ1) is 16.7. The number of hydrogen-bond acceptors (Lipinski definition) is 5. The SMILES string of the molecule is c1ccc2nc(N3CCCCC3)c(CNC3CCc4ncnn4C3)cc2c1. The third-order valence-corrected chi connectivity index (χ3v) is 5.82. The topological polar surface area (TPSA) is 58.9 Å². The van der Waals surface area contributed by atoms with Gasteiger partial charge in [0.15, 0.2) is 0 Å². The number of anilines is 1. The van der Waals surface area contributed by atoms with Gasteiger partial charge in [0, 0.05) is 43.0 Å². The maximum atomic E-state index is 5.05. The van der Waals surface area contributed by atoms with E-state index in [1.165, 1.54) is 30.2 Å². The second kappa shape index (κ2) is 7.27. The molecule has 3 aromatic rings. The first-order valence-corrected chi connectivity index (χ1v) is 10.1. The van der Waals surface area contributed by atoms with Crippen LogP contribution in [-0.2, 0) is 19.5 Å². The van der Waals surface area contributed by atoms with Gasteiger partial charge in [0.05, 0.1) is 12.1 Å². The van der Waals surface area contributed by atoms with Crippen molar-refractivity contribution in [1.29, 1.82) is 0 Å². The van der Waals surface area contributed by atoms with Crippen LogP contribution < -0.4 is 10.2 Å². The van der Waals surface area contributed by atoms with E-state index in [0.29, 0.717) is 6.04 Å². The highest BCUT2D eigenvalue weighted by atomic mass is 15.3. The highest BCUT2D eigenvalue weighted by Crippen LogP contribution is 2.26. The van der Waals surface area contributed by atoms with Gasteiger partial charge in [-0.1, -0.05) is 18.2 Å². The number of piperidine rings is 1. The van der Waals surface area contributed by atoms with Gasteiger partial charge in [-0.3, -0.25) is 0 Å². The van der Waals surface area contributed by atoms with Crippen LogP contribution in [0.1, 0.15) is 37.1 Å². The van der Waals surface area contributed by atoms with E-state index < -0.39 is 0 Å². The Morgan fingerprint density at radius 3 is 2.93 bits per heavy atom. The molecule has 1 atom stereocenters. The molecule has 2 aromatic heterocycles. The van der Waals surface area contributed by atoms with Crippen LogP contribution in [0.4, 0.5) is 5.82 Å². The predicted molar refractivity (Wildman–Crippen MR) is 107 cm³/mol. The number of benzene rings is 1. The van der Waals surface area contributed by atoms with Crippen molar-refractivity contribution in [2.45, 2.75) is 51.2 Å². The molecule has 1 N–H and O–H groups in total. The minimum Gasteiger partial charge on any atom is -0.356 e. The van der Waals surface area contributed by atoms with Crippen LogP contribution in [0.25, 0.3) is 10.9 Å². The smallest absolute Gasteiger partial charge is 0.138 e. The van der Waals surface area contributed by atoms with E-state index in [1.54, 1.807) is 6.33 Å². The number of hydrogen-bond donors (Lipinski definition) is 1. The average Bonchev–Trinajstić information content (AvgIpc) is 3.20. The standard InChI is InChI=1S/C21H26N6/c1-4-10-26(11-5-1)21-17(12-16-6-2-3-7-19(16)25-21)13-22-18-8-9-20-23-15-24-27(20)14-18/h2-3,6-7,12,15,18,22H,1,4-5,8-11,13-14H2. The van der Waals surface area contributed by atoms with E-state index in [-0.39, 0.29) is 0 Å². The van der Waals surface area contributed by atoms with Gasteiger partial charge in [0.25, 0.3) is 0 Å². The normalized spacial score (nSPS) is 20.0. The molecule has 2 aliphatic rings. The van der Waals surface area contributed by atoms with Crippen LogP contribution in [0, 0.1) is 0 Å². The Morgan fingerprint density at radius 1 is 1.11 bits per heavy atom. The molecule has 27 heavy (non-hydrogen) atoms. The molecule has 1 fully saturated rings. The Bertz CT molecular complexity index is 927. The van der Waals surface area contributed by atoms with E-state index in [4.69, 9.17) is 4.98 Å². The van der Waals surface area contributed by atoms with E-state index >= 15 is 0 Å². The molecule has 0 bridgehead atoms. The van der Waals surface area contributed by atoms with Crippen LogP contribution in [-0.4, -0.2) is 38.9 Å². The summed E-state index contributed by atoms with van der Waals surface area (Å²) in [5, 5.41) is 9.32. The van der Waals surface area contributed by atoms with Gasteiger partial charge in [-0.25, -0.2) is 14.6 Å². The van der Waals surface area contributed by atoms with Gasteiger partial charge in [0.2, 0.25) is 0 Å². The second-order valence-electron chi connectivity index (χ2n) is 7.69. The van der Waals surface area contributed by atoms with Gasteiger partial charge in [-0.2, -0.15) is 5.10 Å². The van der Waals surface area contributed by atoms with Crippen molar-refractivity contribution in [3.63, 3.8) is 0 Å². The minimum absolute atomic E-state index is 0.430. The fourth-order valence-corrected chi connectivity index (χ4v) is 4.32. The van der Waals surface area contributed by atoms with Gasteiger partial charge in [-0.05, 0) is 37.8 Å². The molecule has 0 saturated carbocycles. The Kier molecular flexibility index (Phi) is 4.49. The highest BCUT2D eigenvalue weighted by Gasteiger charge is 2.21. The van der Waals surface area contributed by atoms with E-state index in [0.717, 1.165) is 56.2 Å². The average molecular weight is 362 g/mol. The largest absolute Gasteiger partial charge is 0.356 e. The summed E-state index contributed by atoms with van der Waals surface area (Å²) in [5.41, 5.74) is 2.40. The molecular weight excluding hydrogens is 336 g/mol. The Labute approximate surface area is 159 Å². The van der Waals surface area contributed by atoms with Crippen LogP contribution in [0.2, 0.25) is 0 Å². The van der Waals surface area contributed by atoms with Crippen molar-refractivity contribution in [2.75, 3.05) is 18.0 Å². The maximum Gasteiger partial charge on any atom is 0.138 e. The highest BCUT2D eigenvalue weighted by molar-refractivity contribution is 5.81. The van der Waals surface area contributed by atoms with Crippen molar-refractivity contribution in [3.8, 4) is 0 Å². The summed E-state index contributed by atoms with van der Waals surface area (Å²) in [7, 11) is 0. The summed E-state index contributed by atoms with van der Waals surface area (Å²) < 4.78 is 2.03. The van der Waals surface area contributed by atoms with E-state index in [9.17, 15) is 0 Å². The number of nitrogens with zero attached hydrogens (tertiary/aromatic N) is 5. The molecule has 140 valence electrons. The van der Waals surface area contributed by atoms with Crippen LogP contribution in [0.3, 0.4) is 0 Å². The van der Waals surface area contributed by atoms with E-state index in [1.807, 2.05) is 4.68 Å². The van der Waals surface area contributed by atoms with Crippen molar-refractivity contribution in [2.24, 2.45) is 0 Å². The van der Waals surface area contributed by atoms with Gasteiger partial charge in [0.1, 0.15) is 18.0 Å². The molecule has 1 unspecified atom stereocenters. The number of fused-ring (bicyclic) bond motifs is 2. The van der Waals surface area contributed by atoms with Crippen LogP contribution >= 0.6 is 0 Å². The molecular formula is C21H26N6. The van der Waals surface area contributed by atoms with Crippen molar-refractivity contribution in [1.82, 2.24) is 25.1 Å². The summed E-state index contributed by atoms with van der Waals surface area (Å²) in [5.74, 6) is 2.27. The third-order valence-electron chi connectivity index (χ3n) is 5.82. The molecule has 0 radical (unpaired) electrons. The summed E-state index contributed by atoms with van der Waals surface area (Å²) in [6.45, 7) is 3.97. The zero-order chi connectivity index (χ0) is 18.1. The Morgan fingerprint density at radius 2 is 2.00 bits per heavy atom. The van der Waals surface area contributed by atoms with Crippen LogP contribution in [0.15, 0.2) is 36.7 Å². The third kappa shape index (κ3) is 3.41. The van der Waals surface area contributed by atoms with Crippen molar-refractivity contribution < 1.29 is 0 Å². The Balaban J connectivity index is 1.39.